The predicted molar refractivity (Wildman–Crippen MR) is 66.0 cm³/mol. The predicted octanol–water partition coefficient (Wildman–Crippen LogP) is 4.99. The molecule has 0 bridgehead atoms. The van der Waals surface area contributed by atoms with Crippen LogP contribution in [0.3, 0.4) is 0 Å². The van der Waals surface area contributed by atoms with Gasteiger partial charge in [0.15, 0.2) is 0 Å². The van der Waals surface area contributed by atoms with Gasteiger partial charge in [-0.15, -0.1) is 0 Å². The molecular weight excluding hydrogens is 315 g/mol. The zero-order chi connectivity index (χ0) is 10.0. The maximum absolute atomic E-state index is 6.12. The van der Waals surface area contributed by atoms with Gasteiger partial charge in [-0.3, -0.25) is 0 Å². The smallest absolute Gasteiger partial charge is 0.0452 e. The third-order valence-electron chi connectivity index (χ3n) is 2.14. The normalized spacial score (nSPS) is 15.5. The van der Waals surface area contributed by atoms with E-state index in [1.165, 1.54) is 5.56 Å². The van der Waals surface area contributed by atoms with Gasteiger partial charge < -0.3 is 0 Å². The van der Waals surface area contributed by atoms with Crippen LogP contribution in [0.5, 0.6) is 0 Å². The molecule has 1 aromatic rings. The molecule has 0 N–H and O–H groups in total. The first-order valence-corrected chi connectivity index (χ1v) is 6.20. The van der Waals surface area contributed by atoms with Crippen LogP contribution < -0.4 is 0 Å². The van der Waals surface area contributed by atoms with Crippen molar-refractivity contribution in [2.45, 2.75) is 24.6 Å². The van der Waals surface area contributed by atoms with E-state index in [9.17, 15) is 0 Å². The molecule has 0 amide bonds. The lowest BCUT2D eigenvalue weighted by Crippen LogP contribution is -2.04. The first kappa shape index (κ1) is 11.5. The summed E-state index contributed by atoms with van der Waals surface area (Å²) in [5.74, 6) is 0.431. The first-order valence-electron chi connectivity index (χ1n) is 4.11. The van der Waals surface area contributed by atoms with Gasteiger partial charge in [-0.2, -0.15) is 0 Å². The number of benzene rings is 1. The Hall–Kier alpha value is 0.470. The molecule has 0 aliphatic rings. The second kappa shape index (κ2) is 4.81. The SMILES string of the molecule is CC(Br)C(C)c1ccc(Br)cc1Cl. The maximum Gasteiger partial charge on any atom is 0.0452 e. The summed E-state index contributed by atoms with van der Waals surface area (Å²) in [6, 6.07) is 6.02. The van der Waals surface area contributed by atoms with Crippen molar-refractivity contribution in [3.05, 3.63) is 33.3 Å². The van der Waals surface area contributed by atoms with Crippen LogP contribution in [0, 0.1) is 0 Å². The Labute approximate surface area is 101 Å². The van der Waals surface area contributed by atoms with E-state index in [1.54, 1.807) is 0 Å². The molecule has 0 spiro atoms. The highest BCUT2D eigenvalue weighted by Gasteiger charge is 2.14. The minimum atomic E-state index is 0.431. The molecule has 72 valence electrons. The van der Waals surface area contributed by atoms with E-state index < -0.39 is 0 Å². The Morgan fingerprint density at radius 3 is 2.38 bits per heavy atom. The number of halogens is 3. The highest BCUT2D eigenvalue weighted by atomic mass is 79.9. The van der Waals surface area contributed by atoms with Crippen LogP contribution >= 0.6 is 43.5 Å². The zero-order valence-corrected chi connectivity index (χ0v) is 11.4. The third kappa shape index (κ3) is 2.97. The van der Waals surface area contributed by atoms with Crippen LogP contribution in [-0.2, 0) is 0 Å². The van der Waals surface area contributed by atoms with E-state index in [0.29, 0.717) is 10.7 Å². The topological polar surface area (TPSA) is 0 Å². The standard InChI is InChI=1S/C10H11Br2Cl/c1-6(7(2)11)9-4-3-8(12)5-10(9)13/h3-7H,1-2H3. The van der Waals surface area contributed by atoms with Crippen LogP contribution in [0.25, 0.3) is 0 Å². The monoisotopic (exact) mass is 324 g/mol. The lowest BCUT2D eigenvalue weighted by molar-refractivity contribution is 0.761. The fraction of sp³-hybridized carbons (Fsp3) is 0.400. The van der Waals surface area contributed by atoms with Crippen molar-refractivity contribution in [1.82, 2.24) is 0 Å². The summed E-state index contributed by atoms with van der Waals surface area (Å²) in [6.45, 7) is 4.29. The number of hydrogen-bond acceptors (Lipinski definition) is 0. The molecule has 0 aliphatic carbocycles. The van der Waals surface area contributed by atoms with E-state index >= 15 is 0 Å². The Morgan fingerprint density at radius 1 is 1.31 bits per heavy atom. The quantitative estimate of drug-likeness (QED) is 0.672. The molecular formula is C10H11Br2Cl. The third-order valence-corrected chi connectivity index (χ3v) is 3.76. The van der Waals surface area contributed by atoms with Gasteiger partial charge in [0.1, 0.15) is 0 Å². The van der Waals surface area contributed by atoms with Crippen LogP contribution in [0.15, 0.2) is 22.7 Å². The van der Waals surface area contributed by atoms with Crippen molar-refractivity contribution >= 4 is 43.5 Å². The van der Waals surface area contributed by atoms with E-state index in [4.69, 9.17) is 11.6 Å². The molecule has 13 heavy (non-hydrogen) atoms. The Kier molecular flexibility index (Phi) is 4.27. The van der Waals surface area contributed by atoms with Gasteiger partial charge in [0, 0.05) is 14.3 Å². The molecule has 2 atom stereocenters. The summed E-state index contributed by atoms with van der Waals surface area (Å²) in [5, 5.41) is 0.827. The van der Waals surface area contributed by atoms with Gasteiger partial charge in [0.2, 0.25) is 0 Å². The van der Waals surface area contributed by atoms with Crippen molar-refractivity contribution in [3.63, 3.8) is 0 Å². The van der Waals surface area contributed by atoms with Crippen molar-refractivity contribution < 1.29 is 0 Å². The molecule has 3 heteroatoms. The number of alkyl halides is 1. The molecule has 0 saturated carbocycles. The fourth-order valence-corrected chi connectivity index (χ4v) is 2.25. The Morgan fingerprint density at radius 2 is 1.92 bits per heavy atom. The fourth-order valence-electron chi connectivity index (χ4n) is 1.12. The minimum absolute atomic E-state index is 0.431. The van der Waals surface area contributed by atoms with Crippen LogP contribution in [0.2, 0.25) is 5.02 Å². The van der Waals surface area contributed by atoms with Crippen molar-refractivity contribution in [2.24, 2.45) is 0 Å². The van der Waals surface area contributed by atoms with E-state index in [0.717, 1.165) is 9.50 Å². The van der Waals surface area contributed by atoms with Crippen LogP contribution in [0.1, 0.15) is 25.3 Å². The molecule has 0 saturated heterocycles. The number of rotatable bonds is 2. The van der Waals surface area contributed by atoms with Crippen molar-refractivity contribution in [1.29, 1.82) is 0 Å². The van der Waals surface area contributed by atoms with Crippen molar-refractivity contribution in [3.8, 4) is 0 Å². The van der Waals surface area contributed by atoms with Gasteiger partial charge in [0.05, 0.1) is 0 Å². The van der Waals surface area contributed by atoms with Crippen LogP contribution in [-0.4, -0.2) is 4.83 Å². The molecule has 0 heterocycles. The highest BCUT2D eigenvalue weighted by Crippen LogP contribution is 2.31. The summed E-state index contributed by atoms with van der Waals surface area (Å²) in [7, 11) is 0. The Balaban J connectivity index is 3.01. The van der Waals surface area contributed by atoms with Crippen LogP contribution in [0.4, 0.5) is 0 Å². The van der Waals surface area contributed by atoms with E-state index in [1.807, 2.05) is 12.1 Å². The second-order valence-electron chi connectivity index (χ2n) is 3.13. The lowest BCUT2D eigenvalue weighted by atomic mass is 9.99. The van der Waals surface area contributed by atoms with Crippen molar-refractivity contribution in [2.75, 3.05) is 0 Å². The molecule has 0 radical (unpaired) electrons. The summed E-state index contributed by atoms with van der Waals surface area (Å²) in [6.07, 6.45) is 0. The summed E-state index contributed by atoms with van der Waals surface area (Å²) >= 11 is 13.1. The van der Waals surface area contributed by atoms with E-state index in [-0.39, 0.29) is 0 Å². The van der Waals surface area contributed by atoms with Gasteiger partial charge in [-0.1, -0.05) is 63.4 Å². The summed E-state index contributed by atoms with van der Waals surface area (Å²) in [4.78, 5) is 0.436. The first-order chi connectivity index (χ1) is 6.02. The molecule has 0 aliphatic heterocycles. The highest BCUT2D eigenvalue weighted by molar-refractivity contribution is 9.10. The minimum Gasteiger partial charge on any atom is -0.0887 e. The molecule has 0 aromatic heterocycles. The van der Waals surface area contributed by atoms with E-state index in [2.05, 4.69) is 51.8 Å². The molecule has 0 fully saturated rings. The number of hydrogen-bond donors (Lipinski definition) is 0. The summed E-state index contributed by atoms with van der Waals surface area (Å²) < 4.78 is 1.02. The average Bonchev–Trinajstić information content (AvgIpc) is 2.03. The van der Waals surface area contributed by atoms with Gasteiger partial charge in [0.25, 0.3) is 0 Å². The molecule has 2 unspecified atom stereocenters. The largest absolute Gasteiger partial charge is 0.0887 e. The van der Waals surface area contributed by atoms with Gasteiger partial charge >= 0.3 is 0 Å². The molecule has 0 nitrogen and oxygen atoms in total. The summed E-state index contributed by atoms with van der Waals surface area (Å²) in [5.41, 5.74) is 1.19. The maximum atomic E-state index is 6.12. The Bertz CT molecular complexity index is 297. The second-order valence-corrected chi connectivity index (χ2v) is 5.90. The lowest BCUT2D eigenvalue weighted by Gasteiger charge is -2.16. The zero-order valence-electron chi connectivity index (χ0n) is 7.52. The average molecular weight is 326 g/mol. The van der Waals surface area contributed by atoms with Gasteiger partial charge in [-0.05, 0) is 23.6 Å². The van der Waals surface area contributed by atoms with Gasteiger partial charge in [-0.25, -0.2) is 0 Å². The molecule has 1 rings (SSSR count). The molecule has 1 aromatic carbocycles.